The molecule has 0 spiro atoms. The van der Waals surface area contributed by atoms with Gasteiger partial charge >= 0.3 is 0 Å². The Kier molecular flexibility index (Phi) is 11.9. The van der Waals surface area contributed by atoms with Gasteiger partial charge in [0, 0.05) is 31.0 Å². The summed E-state index contributed by atoms with van der Waals surface area (Å²) in [6, 6.07) is -0.0287. The molecule has 1 N–H and O–H groups in total. The standard InChI is InChI=1S/C24H36IN3O/c1-8-10-20(11-9-2)23(21-12-13-28(7)17-21)27-24(29)19(4)14-18(3)22(15-25-5)16-26-6/h8-11,14-16,21,23H,1,12-13,17H2,2-7H3,(H,27,29)/b11-9-,19-14+,20-10+,22-18+,26-16?/t21?,23-/m0/s1. The summed E-state index contributed by atoms with van der Waals surface area (Å²) in [5, 5.41) is 3.30. The van der Waals surface area contributed by atoms with Gasteiger partial charge in [-0.2, -0.15) is 0 Å². The first-order chi connectivity index (χ1) is 13.9. The summed E-state index contributed by atoms with van der Waals surface area (Å²) in [5.74, 6) is 0.360. The van der Waals surface area contributed by atoms with Crippen LogP contribution in [-0.4, -0.2) is 59.2 Å². The van der Waals surface area contributed by atoms with Gasteiger partial charge in [0.05, 0.1) is 6.04 Å². The van der Waals surface area contributed by atoms with Crippen molar-refractivity contribution in [2.75, 3.05) is 32.1 Å². The average molecular weight is 509 g/mol. The zero-order valence-electron chi connectivity index (χ0n) is 18.7. The monoisotopic (exact) mass is 509 g/mol. The number of alkyl halides is 1. The van der Waals surface area contributed by atoms with E-state index >= 15 is 0 Å². The summed E-state index contributed by atoms with van der Waals surface area (Å²) in [7, 11) is 3.91. The molecule has 0 bridgehead atoms. The van der Waals surface area contributed by atoms with Crippen molar-refractivity contribution in [1.29, 1.82) is 0 Å². The van der Waals surface area contributed by atoms with Crippen LogP contribution in [0.25, 0.3) is 0 Å². The molecule has 0 saturated carbocycles. The third-order valence-electron chi connectivity index (χ3n) is 4.96. The minimum atomic E-state index is -0.0287. The summed E-state index contributed by atoms with van der Waals surface area (Å²) in [6.45, 7) is 11.8. The first-order valence-electron chi connectivity index (χ1n) is 9.95. The molecule has 4 nitrogen and oxygen atoms in total. The first-order valence-corrected chi connectivity index (χ1v) is 13.4. The first kappa shape index (κ1) is 25.4. The number of nitrogens with zero attached hydrogens (tertiary/aromatic N) is 2. The molecule has 1 fully saturated rings. The lowest BCUT2D eigenvalue weighted by Gasteiger charge is -2.26. The minimum Gasteiger partial charge on any atom is -0.345 e. The van der Waals surface area contributed by atoms with Gasteiger partial charge in [-0.1, -0.05) is 37.0 Å². The summed E-state index contributed by atoms with van der Waals surface area (Å²) in [6.07, 6.45) is 12.8. The summed E-state index contributed by atoms with van der Waals surface area (Å²) in [5.41, 5.74) is 3.98. The van der Waals surface area contributed by atoms with E-state index in [9.17, 15) is 4.79 Å². The van der Waals surface area contributed by atoms with E-state index in [0.717, 1.165) is 36.2 Å². The number of rotatable bonds is 9. The van der Waals surface area contributed by atoms with E-state index in [4.69, 9.17) is 0 Å². The highest BCUT2D eigenvalue weighted by Crippen LogP contribution is 2.24. The van der Waals surface area contributed by atoms with Crippen molar-refractivity contribution in [2.24, 2.45) is 10.9 Å². The second-order valence-electron chi connectivity index (χ2n) is 7.34. The van der Waals surface area contributed by atoms with Crippen molar-refractivity contribution in [3.63, 3.8) is 0 Å². The van der Waals surface area contributed by atoms with E-state index in [-0.39, 0.29) is 32.7 Å². The van der Waals surface area contributed by atoms with Crippen LogP contribution in [0.1, 0.15) is 27.2 Å². The van der Waals surface area contributed by atoms with Crippen molar-refractivity contribution in [3.8, 4) is 0 Å². The molecule has 2 atom stereocenters. The van der Waals surface area contributed by atoms with E-state index in [0.29, 0.717) is 11.5 Å². The number of likely N-dealkylation sites (tertiary alicyclic amines) is 1. The smallest absolute Gasteiger partial charge is 0.247 e. The molecule has 0 radical (unpaired) electrons. The maximum atomic E-state index is 13.0. The lowest BCUT2D eigenvalue weighted by Crippen LogP contribution is -2.42. The molecule has 1 saturated heterocycles. The normalized spacial score (nSPS) is 21.5. The van der Waals surface area contributed by atoms with Gasteiger partial charge in [-0.25, -0.2) is 0 Å². The third-order valence-corrected chi connectivity index (χ3v) is 6.25. The highest BCUT2D eigenvalue weighted by molar-refractivity contribution is 14.2. The molecule has 5 heteroatoms. The second kappa shape index (κ2) is 13.6. The Morgan fingerprint density at radius 3 is 2.62 bits per heavy atom. The molecule has 160 valence electrons. The van der Waals surface area contributed by atoms with Gasteiger partial charge in [-0.15, -0.1) is 20.7 Å². The molecule has 1 aliphatic heterocycles. The Balaban J connectivity index is 3.17. The summed E-state index contributed by atoms with van der Waals surface area (Å²) in [4.78, 5) is 21.7. The summed E-state index contributed by atoms with van der Waals surface area (Å²) >= 11 is 0.00306. The Bertz CT molecular complexity index is 742. The van der Waals surface area contributed by atoms with Crippen molar-refractivity contribution < 1.29 is 4.79 Å². The predicted octanol–water partition coefficient (Wildman–Crippen LogP) is 4.48. The van der Waals surface area contributed by atoms with Crippen LogP contribution in [0, 0.1) is 5.92 Å². The van der Waals surface area contributed by atoms with Crippen LogP contribution < -0.4 is 5.32 Å². The highest BCUT2D eigenvalue weighted by atomic mass is 127. The maximum Gasteiger partial charge on any atom is 0.247 e. The number of carbonyl (C=O) groups is 1. The van der Waals surface area contributed by atoms with Crippen LogP contribution in [0.2, 0.25) is 0 Å². The number of aliphatic imine (C=N–C) groups is 1. The Morgan fingerprint density at radius 1 is 1.38 bits per heavy atom. The van der Waals surface area contributed by atoms with Gasteiger partial charge in [-0.3, -0.25) is 9.79 Å². The molecule has 1 rings (SSSR count). The average Bonchev–Trinajstić information content (AvgIpc) is 3.11. The lowest BCUT2D eigenvalue weighted by molar-refractivity contribution is -0.118. The van der Waals surface area contributed by atoms with Crippen LogP contribution in [0.3, 0.4) is 0 Å². The SMILES string of the molecule is C=C/C=C(\C=C/C)[C@H](NC(=O)/C(C)=C/C(C)=C(/C=NC)C=IC)C1CCN(C)C1. The third kappa shape index (κ3) is 8.34. The van der Waals surface area contributed by atoms with Crippen molar-refractivity contribution >= 4 is 36.9 Å². The van der Waals surface area contributed by atoms with Gasteiger partial charge in [0.1, 0.15) is 0 Å². The van der Waals surface area contributed by atoms with Crippen molar-refractivity contribution in [2.45, 2.75) is 33.2 Å². The number of halogens is 1. The van der Waals surface area contributed by atoms with E-state index in [1.54, 1.807) is 13.1 Å². The number of hydrogen-bond donors (Lipinski definition) is 1. The van der Waals surface area contributed by atoms with Crippen LogP contribution in [-0.2, 0) is 4.79 Å². The van der Waals surface area contributed by atoms with Gasteiger partial charge in [0.15, 0.2) is 0 Å². The van der Waals surface area contributed by atoms with E-state index in [1.807, 2.05) is 45.2 Å². The van der Waals surface area contributed by atoms with E-state index in [1.165, 1.54) is 0 Å². The zero-order chi connectivity index (χ0) is 21.8. The van der Waals surface area contributed by atoms with Crippen LogP contribution in [0.15, 0.2) is 64.2 Å². The maximum absolute atomic E-state index is 13.0. The predicted molar refractivity (Wildman–Crippen MR) is 138 cm³/mol. The van der Waals surface area contributed by atoms with E-state index in [2.05, 4.69) is 43.9 Å². The quantitative estimate of drug-likeness (QED) is 0.164. The van der Waals surface area contributed by atoms with Gasteiger partial charge in [0.25, 0.3) is 0 Å². The van der Waals surface area contributed by atoms with Crippen molar-refractivity contribution in [1.82, 2.24) is 10.2 Å². The van der Waals surface area contributed by atoms with Crippen LogP contribution >= 0.6 is 20.7 Å². The molecule has 1 unspecified atom stereocenters. The zero-order valence-corrected chi connectivity index (χ0v) is 20.9. The topological polar surface area (TPSA) is 44.7 Å². The number of carbonyl (C=O) groups excluding carboxylic acids is 1. The molecule has 0 aromatic rings. The lowest BCUT2D eigenvalue weighted by atomic mass is 9.90. The number of allylic oxidation sites excluding steroid dienone is 6. The molecule has 0 aliphatic carbocycles. The molecule has 0 aromatic heterocycles. The molecule has 1 heterocycles. The molecule has 1 amide bonds. The van der Waals surface area contributed by atoms with Gasteiger partial charge < -0.3 is 10.2 Å². The number of hydrogen-bond acceptors (Lipinski definition) is 3. The molecule has 29 heavy (non-hydrogen) atoms. The van der Waals surface area contributed by atoms with E-state index < -0.39 is 0 Å². The fourth-order valence-electron chi connectivity index (χ4n) is 3.51. The largest absolute Gasteiger partial charge is 0.345 e. The fraction of sp³-hybridized carbons (Fsp3) is 0.458. The van der Waals surface area contributed by atoms with Gasteiger partial charge in [0.2, 0.25) is 5.91 Å². The molecular weight excluding hydrogens is 473 g/mol. The Morgan fingerprint density at radius 2 is 2.10 bits per heavy atom. The Hall–Kier alpha value is -1.60. The number of nitrogens with one attached hydrogen (secondary N) is 1. The van der Waals surface area contributed by atoms with Gasteiger partial charge in [-0.05, 0) is 66.8 Å². The summed E-state index contributed by atoms with van der Waals surface area (Å²) < 4.78 is 2.23. The van der Waals surface area contributed by atoms with Crippen LogP contribution in [0.5, 0.6) is 0 Å². The Labute approximate surface area is 187 Å². The second-order valence-corrected chi connectivity index (χ2v) is 9.21. The fourth-order valence-corrected chi connectivity index (χ4v) is 4.83. The van der Waals surface area contributed by atoms with Crippen LogP contribution in [0.4, 0.5) is 0 Å². The molecule has 0 aromatic carbocycles. The minimum absolute atomic E-state index is 0.00306. The molecule has 1 aliphatic rings. The molecular formula is C24H36IN3O. The van der Waals surface area contributed by atoms with Crippen molar-refractivity contribution in [3.05, 3.63) is 59.3 Å². The number of amides is 1. The highest BCUT2D eigenvalue weighted by Gasteiger charge is 2.30.